The number of carbonyl (C=O) groups is 2. The molecule has 2 aromatic carbocycles. The molecule has 0 aromatic heterocycles. The molecule has 5 heteroatoms. The van der Waals surface area contributed by atoms with Gasteiger partial charge in [-0.3, -0.25) is 14.6 Å². The van der Waals surface area contributed by atoms with Crippen LogP contribution in [0.2, 0.25) is 0 Å². The Labute approximate surface area is 175 Å². The number of aliphatic imine (C=N–C) groups is 1. The molecule has 0 amide bonds. The molecule has 0 radical (unpaired) electrons. The molecule has 2 aliphatic rings. The van der Waals surface area contributed by atoms with Crippen LogP contribution in [0.3, 0.4) is 0 Å². The summed E-state index contributed by atoms with van der Waals surface area (Å²) in [5.74, 6) is -1.91. The maximum Gasteiger partial charge on any atom is 0.315 e. The molecule has 0 N–H and O–H groups in total. The van der Waals surface area contributed by atoms with Crippen molar-refractivity contribution in [3.8, 4) is 0 Å². The summed E-state index contributed by atoms with van der Waals surface area (Å²) in [6, 6.07) is 15.8. The van der Waals surface area contributed by atoms with Gasteiger partial charge in [0.2, 0.25) is 0 Å². The number of allylic oxidation sites excluding steroid dienone is 2. The number of hydrogen-bond donors (Lipinski definition) is 0. The number of ketones is 1. The zero-order valence-electron chi connectivity index (χ0n) is 16.9. The highest BCUT2D eigenvalue weighted by Gasteiger charge is 2.43. The van der Waals surface area contributed by atoms with Crippen LogP contribution in [0.15, 0.2) is 70.9 Å². The highest BCUT2D eigenvalue weighted by atomic mass is 19.1. The molecule has 1 aliphatic heterocycles. The van der Waals surface area contributed by atoms with Gasteiger partial charge in [-0.2, -0.15) is 0 Å². The van der Waals surface area contributed by atoms with Crippen molar-refractivity contribution in [1.29, 1.82) is 0 Å². The minimum absolute atomic E-state index is 0.0175. The van der Waals surface area contributed by atoms with E-state index in [9.17, 15) is 14.0 Å². The lowest BCUT2D eigenvalue weighted by molar-refractivity contribution is -0.146. The maximum absolute atomic E-state index is 13.5. The van der Waals surface area contributed by atoms with Crippen LogP contribution in [-0.4, -0.2) is 24.1 Å². The van der Waals surface area contributed by atoms with E-state index in [2.05, 4.69) is 4.99 Å². The molecule has 0 saturated heterocycles. The molecule has 4 nitrogen and oxygen atoms in total. The van der Waals surface area contributed by atoms with Gasteiger partial charge in [-0.25, -0.2) is 4.39 Å². The first-order chi connectivity index (χ1) is 14.5. The van der Waals surface area contributed by atoms with E-state index in [-0.39, 0.29) is 18.2 Å². The molecule has 0 saturated carbocycles. The fourth-order valence-corrected chi connectivity index (χ4v) is 4.35. The minimum atomic E-state index is -0.688. The van der Waals surface area contributed by atoms with Crippen molar-refractivity contribution in [2.45, 2.75) is 38.5 Å². The molecule has 2 atom stereocenters. The number of halogens is 1. The predicted octanol–water partition coefficient (Wildman–Crippen LogP) is 4.79. The highest BCUT2D eigenvalue weighted by Crippen LogP contribution is 2.43. The summed E-state index contributed by atoms with van der Waals surface area (Å²) < 4.78 is 19.1. The van der Waals surface area contributed by atoms with Crippen LogP contribution in [0.5, 0.6) is 0 Å². The van der Waals surface area contributed by atoms with Crippen molar-refractivity contribution in [3.05, 3.63) is 82.8 Å². The molecule has 154 valence electrons. The van der Waals surface area contributed by atoms with Gasteiger partial charge < -0.3 is 4.74 Å². The molecule has 4 rings (SSSR count). The topological polar surface area (TPSA) is 55.7 Å². The van der Waals surface area contributed by atoms with E-state index in [0.717, 1.165) is 23.2 Å². The van der Waals surface area contributed by atoms with Gasteiger partial charge in [-0.15, -0.1) is 0 Å². The number of esters is 1. The maximum atomic E-state index is 13.5. The molecule has 1 aliphatic carbocycles. The van der Waals surface area contributed by atoms with Gasteiger partial charge in [0.25, 0.3) is 0 Å². The largest absolute Gasteiger partial charge is 0.465 e. The number of Topliss-reactive ketones (excluding diaryl/α,β-unsaturated/α-hetero) is 1. The molecular formula is C25H24FNO3. The van der Waals surface area contributed by atoms with Crippen molar-refractivity contribution < 1.29 is 18.7 Å². The van der Waals surface area contributed by atoms with Gasteiger partial charge in [0.05, 0.1) is 6.61 Å². The summed E-state index contributed by atoms with van der Waals surface area (Å²) in [5, 5.41) is 0. The van der Waals surface area contributed by atoms with Crippen molar-refractivity contribution in [2.75, 3.05) is 6.61 Å². The third-order valence-electron chi connectivity index (χ3n) is 5.80. The van der Waals surface area contributed by atoms with E-state index in [0.29, 0.717) is 30.5 Å². The Bertz CT molecular complexity index is 1010. The Morgan fingerprint density at radius 3 is 2.57 bits per heavy atom. The number of benzene rings is 2. The van der Waals surface area contributed by atoms with E-state index < -0.39 is 17.8 Å². The van der Waals surface area contributed by atoms with E-state index in [1.807, 2.05) is 37.3 Å². The summed E-state index contributed by atoms with van der Waals surface area (Å²) in [6.45, 7) is 2.06. The van der Waals surface area contributed by atoms with Crippen LogP contribution in [0.25, 0.3) is 0 Å². The summed E-state index contributed by atoms with van der Waals surface area (Å²) in [5.41, 5.74) is 3.80. The summed E-state index contributed by atoms with van der Waals surface area (Å²) in [4.78, 5) is 30.5. The zero-order chi connectivity index (χ0) is 21.1. The lowest BCUT2D eigenvalue weighted by Gasteiger charge is -2.34. The quantitative estimate of drug-likeness (QED) is 0.672. The number of hydrogen-bond acceptors (Lipinski definition) is 4. The molecule has 0 bridgehead atoms. The number of carbonyl (C=O) groups excluding carboxylic acids is 2. The van der Waals surface area contributed by atoms with Gasteiger partial charge in [0.1, 0.15) is 11.7 Å². The second-order valence-corrected chi connectivity index (χ2v) is 7.80. The van der Waals surface area contributed by atoms with E-state index in [4.69, 9.17) is 4.74 Å². The summed E-state index contributed by atoms with van der Waals surface area (Å²) in [6.07, 6.45) is 2.53. The van der Waals surface area contributed by atoms with Crippen molar-refractivity contribution >= 4 is 17.5 Å². The third kappa shape index (κ3) is 4.11. The van der Waals surface area contributed by atoms with Crippen LogP contribution >= 0.6 is 0 Å². The Kier molecular flexibility index (Phi) is 5.88. The Morgan fingerprint density at radius 2 is 1.83 bits per heavy atom. The van der Waals surface area contributed by atoms with E-state index in [1.165, 1.54) is 12.1 Å². The van der Waals surface area contributed by atoms with Gasteiger partial charge >= 0.3 is 5.97 Å². The van der Waals surface area contributed by atoms with Crippen molar-refractivity contribution in [1.82, 2.24) is 0 Å². The summed E-state index contributed by atoms with van der Waals surface area (Å²) >= 11 is 0. The molecule has 1 unspecified atom stereocenters. The molecule has 1 heterocycles. The minimum Gasteiger partial charge on any atom is -0.465 e. The Morgan fingerprint density at radius 1 is 1.10 bits per heavy atom. The molecular weight excluding hydrogens is 381 g/mol. The fraction of sp³-hybridized carbons (Fsp3) is 0.320. The average molecular weight is 405 g/mol. The van der Waals surface area contributed by atoms with Crippen LogP contribution in [-0.2, 0) is 20.7 Å². The third-order valence-corrected chi connectivity index (χ3v) is 5.80. The second kappa shape index (κ2) is 8.74. The zero-order valence-corrected chi connectivity index (χ0v) is 16.9. The second-order valence-electron chi connectivity index (χ2n) is 7.80. The van der Waals surface area contributed by atoms with Crippen LogP contribution in [0.4, 0.5) is 4.39 Å². The number of ether oxygens (including phenoxy) is 1. The van der Waals surface area contributed by atoms with Crippen molar-refractivity contribution in [2.24, 2.45) is 10.9 Å². The van der Waals surface area contributed by atoms with Gasteiger partial charge in [-0.05, 0) is 43.0 Å². The standard InChI is InChI=1S/C25H24FNO3/c1-16-22(25(29)30-15-14-17-6-3-2-4-7-17)23(18-10-12-19(26)13-11-18)24-20(27-16)8-5-9-21(24)28/h2-4,6-7,10-13,22-23H,5,8-9,14-15H2,1H3/t22?,23-/m0/s1. The van der Waals surface area contributed by atoms with Gasteiger partial charge in [-0.1, -0.05) is 42.5 Å². The Hall–Kier alpha value is -3.08. The first kappa shape index (κ1) is 20.2. The van der Waals surface area contributed by atoms with Gasteiger partial charge in [0, 0.05) is 35.7 Å². The SMILES string of the molecule is CC1=NC2=C(C(=O)CCC2)[C@@H](c2ccc(F)cc2)C1C(=O)OCCc1ccccc1. The predicted molar refractivity (Wildman–Crippen MR) is 113 cm³/mol. The van der Waals surface area contributed by atoms with E-state index >= 15 is 0 Å². The average Bonchev–Trinajstić information content (AvgIpc) is 2.74. The first-order valence-electron chi connectivity index (χ1n) is 10.3. The smallest absolute Gasteiger partial charge is 0.315 e. The Balaban J connectivity index is 1.62. The lowest BCUT2D eigenvalue weighted by atomic mass is 9.72. The molecule has 0 fully saturated rings. The van der Waals surface area contributed by atoms with Crippen molar-refractivity contribution in [3.63, 3.8) is 0 Å². The molecule has 0 spiro atoms. The highest BCUT2D eigenvalue weighted by molar-refractivity contribution is 6.08. The van der Waals surface area contributed by atoms with Gasteiger partial charge in [0.15, 0.2) is 5.78 Å². The number of nitrogens with zero attached hydrogens (tertiary/aromatic N) is 1. The van der Waals surface area contributed by atoms with Crippen LogP contribution < -0.4 is 0 Å². The first-order valence-corrected chi connectivity index (χ1v) is 10.3. The monoisotopic (exact) mass is 405 g/mol. The fourth-order valence-electron chi connectivity index (χ4n) is 4.35. The van der Waals surface area contributed by atoms with E-state index in [1.54, 1.807) is 12.1 Å². The molecule has 2 aromatic rings. The van der Waals surface area contributed by atoms with Crippen LogP contribution in [0, 0.1) is 11.7 Å². The summed E-state index contributed by atoms with van der Waals surface area (Å²) in [7, 11) is 0. The molecule has 30 heavy (non-hydrogen) atoms. The lowest BCUT2D eigenvalue weighted by Crippen LogP contribution is -2.37. The number of rotatable bonds is 5. The van der Waals surface area contributed by atoms with Crippen LogP contribution in [0.1, 0.15) is 43.2 Å². The normalized spacial score (nSPS) is 21.1.